The SMILES string of the molecule is Cc1cccc(C(=O)Nc2c(N)cc(C)cc2Br)c1. The van der Waals surface area contributed by atoms with Crippen molar-refractivity contribution in [2.75, 3.05) is 11.1 Å². The van der Waals surface area contributed by atoms with E-state index in [0.29, 0.717) is 16.9 Å². The van der Waals surface area contributed by atoms with Crippen molar-refractivity contribution < 1.29 is 4.79 Å². The number of carbonyl (C=O) groups is 1. The fraction of sp³-hybridized carbons (Fsp3) is 0.133. The highest BCUT2D eigenvalue weighted by Gasteiger charge is 2.11. The summed E-state index contributed by atoms with van der Waals surface area (Å²) in [6, 6.07) is 11.2. The summed E-state index contributed by atoms with van der Waals surface area (Å²) in [5.74, 6) is -0.167. The topological polar surface area (TPSA) is 55.1 Å². The number of nitrogen functional groups attached to an aromatic ring is 1. The van der Waals surface area contributed by atoms with Crippen molar-refractivity contribution in [3.8, 4) is 0 Å². The maximum Gasteiger partial charge on any atom is 0.255 e. The van der Waals surface area contributed by atoms with Gasteiger partial charge >= 0.3 is 0 Å². The first-order valence-electron chi connectivity index (χ1n) is 5.91. The predicted molar refractivity (Wildman–Crippen MR) is 82.4 cm³/mol. The molecule has 2 rings (SSSR count). The molecule has 0 saturated heterocycles. The van der Waals surface area contributed by atoms with Gasteiger partial charge < -0.3 is 11.1 Å². The molecule has 0 unspecified atom stereocenters. The lowest BCUT2D eigenvalue weighted by molar-refractivity contribution is 0.102. The summed E-state index contributed by atoms with van der Waals surface area (Å²) in [4.78, 5) is 12.2. The molecule has 4 heteroatoms. The van der Waals surface area contributed by atoms with Gasteiger partial charge in [-0.15, -0.1) is 0 Å². The Balaban J connectivity index is 2.29. The van der Waals surface area contributed by atoms with E-state index in [0.717, 1.165) is 15.6 Å². The largest absolute Gasteiger partial charge is 0.397 e. The maximum absolute atomic E-state index is 12.2. The van der Waals surface area contributed by atoms with Crippen LogP contribution in [0.25, 0.3) is 0 Å². The minimum absolute atomic E-state index is 0.167. The van der Waals surface area contributed by atoms with E-state index in [1.54, 1.807) is 6.07 Å². The average molecular weight is 319 g/mol. The molecular formula is C15H15BrN2O. The number of amides is 1. The highest BCUT2D eigenvalue weighted by Crippen LogP contribution is 2.30. The average Bonchev–Trinajstić information content (AvgIpc) is 2.33. The monoisotopic (exact) mass is 318 g/mol. The number of nitrogens with one attached hydrogen (secondary N) is 1. The van der Waals surface area contributed by atoms with Gasteiger partial charge in [0.2, 0.25) is 0 Å². The van der Waals surface area contributed by atoms with Crippen LogP contribution in [0.1, 0.15) is 21.5 Å². The highest BCUT2D eigenvalue weighted by atomic mass is 79.9. The molecule has 2 aromatic carbocycles. The fourth-order valence-corrected chi connectivity index (χ4v) is 2.56. The van der Waals surface area contributed by atoms with Gasteiger partial charge in [0.1, 0.15) is 0 Å². The maximum atomic E-state index is 12.2. The Morgan fingerprint density at radius 3 is 2.53 bits per heavy atom. The van der Waals surface area contributed by atoms with E-state index in [1.165, 1.54) is 0 Å². The van der Waals surface area contributed by atoms with E-state index in [-0.39, 0.29) is 5.91 Å². The Hall–Kier alpha value is -1.81. The number of aryl methyl sites for hydroxylation is 2. The van der Waals surface area contributed by atoms with Gasteiger partial charge in [0.25, 0.3) is 5.91 Å². The second kappa shape index (κ2) is 5.45. The van der Waals surface area contributed by atoms with Crippen LogP contribution < -0.4 is 11.1 Å². The number of halogens is 1. The van der Waals surface area contributed by atoms with Crippen LogP contribution in [-0.4, -0.2) is 5.91 Å². The summed E-state index contributed by atoms with van der Waals surface area (Å²) in [7, 11) is 0. The van der Waals surface area contributed by atoms with E-state index in [2.05, 4.69) is 21.2 Å². The number of hydrogen-bond donors (Lipinski definition) is 2. The van der Waals surface area contributed by atoms with Gasteiger partial charge in [0.05, 0.1) is 11.4 Å². The van der Waals surface area contributed by atoms with Gasteiger partial charge in [0.15, 0.2) is 0 Å². The molecule has 0 saturated carbocycles. The van der Waals surface area contributed by atoms with Gasteiger partial charge in [0, 0.05) is 10.0 Å². The van der Waals surface area contributed by atoms with Crippen LogP contribution in [-0.2, 0) is 0 Å². The number of hydrogen-bond acceptors (Lipinski definition) is 2. The Bertz CT molecular complexity index is 615. The van der Waals surface area contributed by atoms with Crippen molar-refractivity contribution >= 4 is 33.2 Å². The van der Waals surface area contributed by atoms with E-state index in [1.807, 2.05) is 44.2 Å². The van der Waals surface area contributed by atoms with E-state index < -0.39 is 0 Å². The van der Waals surface area contributed by atoms with Gasteiger partial charge in [-0.05, 0) is 59.6 Å². The number of anilines is 2. The standard InChI is InChI=1S/C15H15BrN2O/c1-9-4-3-5-11(6-9)15(19)18-14-12(16)7-10(2)8-13(14)17/h3-8H,17H2,1-2H3,(H,18,19). The molecule has 0 aliphatic rings. The molecule has 19 heavy (non-hydrogen) atoms. The van der Waals surface area contributed by atoms with Gasteiger partial charge in [-0.1, -0.05) is 17.7 Å². The van der Waals surface area contributed by atoms with E-state index in [9.17, 15) is 4.79 Å². The molecule has 3 N–H and O–H groups in total. The van der Waals surface area contributed by atoms with Crippen molar-refractivity contribution in [2.45, 2.75) is 13.8 Å². The molecule has 0 heterocycles. The molecule has 0 aliphatic carbocycles. The first-order valence-corrected chi connectivity index (χ1v) is 6.70. The van der Waals surface area contributed by atoms with Crippen LogP contribution >= 0.6 is 15.9 Å². The van der Waals surface area contributed by atoms with Crippen molar-refractivity contribution in [2.24, 2.45) is 0 Å². The van der Waals surface area contributed by atoms with Crippen LogP contribution in [0.4, 0.5) is 11.4 Å². The minimum atomic E-state index is -0.167. The lowest BCUT2D eigenvalue weighted by atomic mass is 10.1. The zero-order chi connectivity index (χ0) is 14.0. The summed E-state index contributed by atoms with van der Waals surface area (Å²) in [5.41, 5.74) is 9.79. The molecule has 0 fully saturated rings. The third-order valence-corrected chi connectivity index (χ3v) is 3.41. The molecule has 0 atom stereocenters. The second-order valence-electron chi connectivity index (χ2n) is 4.53. The summed E-state index contributed by atoms with van der Waals surface area (Å²) >= 11 is 3.42. The molecular weight excluding hydrogens is 304 g/mol. The summed E-state index contributed by atoms with van der Waals surface area (Å²) in [6.07, 6.45) is 0. The molecule has 2 aromatic rings. The third kappa shape index (κ3) is 3.15. The highest BCUT2D eigenvalue weighted by molar-refractivity contribution is 9.10. The van der Waals surface area contributed by atoms with Crippen molar-refractivity contribution in [1.29, 1.82) is 0 Å². The normalized spacial score (nSPS) is 10.3. The third-order valence-electron chi connectivity index (χ3n) is 2.78. The fourth-order valence-electron chi connectivity index (χ4n) is 1.87. The Morgan fingerprint density at radius 1 is 1.16 bits per heavy atom. The summed E-state index contributed by atoms with van der Waals surface area (Å²) < 4.78 is 0.783. The van der Waals surface area contributed by atoms with E-state index >= 15 is 0 Å². The lowest BCUT2D eigenvalue weighted by Gasteiger charge is -2.11. The molecule has 0 bridgehead atoms. The van der Waals surface area contributed by atoms with Crippen LogP contribution in [0, 0.1) is 13.8 Å². The lowest BCUT2D eigenvalue weighted by Crippen LogP contribution is -2.14. The van der Waals surface area contributed by atoms with Crippen LogP contribution in [0.5, 0.6) is 0 Å². The van der Waals surface area contributed by atoms with Crippen molar-refractivity contribution in [1.82, 2.24) is 0 Å². The number of carbonyl (C=O) groups excluding carboxylic acids is 1. The van der Waals surface area contributed by atoms with Gasteiger partial charge in [-0.3, -0.25) is 4.79 Å². The van der Waals surface area contributed by atoms with Crippen LogP contribution in [0.2, 0.25) is 0 Å². The zero-order valence-electron chi connectivity index (χ0n) is 10.8. The zero-order valence-corrected chi connectivity index (χ0v) is 12.4. The molecule has 0 aliphatic heterocycles. The first-order chi connectivity index (χ1) is 8.97. The molecule has 1 amide bonds. The number of nitrogens with two attached hydrogens (primary N) is 1. The predicted octanol–water partition coefficient (Wildman–Crippen LogP) is 3.90. The van der Waals surface area contributed by atoms with Crippen LogP contribution in [0.15, 0.2) is 40.9 Å². The van der Waals surface area contributed by atoms with Crippen molar-refractivity contribution in [3.63, 3.8) is 0 Å². The Kier molecular flexibility index (Phi) is 3.90. The first kappa shape index (κ1) is 13.6. The molecule has 98 valence electrons. The van der Waals surface area contributed by atoms with E-state index in [4.69, 9.17) is 5.73 Å². The van der Waals surface area contributed by atoms with Gasteiger partial charge in [-0.2, -0.15) is 0 Å². The molecule has 0 aromatic heterocycles. The number of rotatable bonds is 2. The minimum Gasteiger partial charge on any atom is -0.397 e. The summed E-state index contributed by atoms with van der Waals surface area (Å²) in [5, 5.41) is 2.84. The molecule has 0 spiro atoms. The van der Waals surface area contributed by atoms with Crippen molar-refractivity contribution in [3.05, 3.63) is 57.6 Å². The number of benzene rings is 2. The molecule has 0 radical (unpaired) electrons. The van der Waals surface area contributed by atoms with Crippen LogP contribution in [0.3, 0.4) is 0 Å². The molecule has 3 nitrogen and oxygen atoms in total. The Labute approximate surface area is 121 Å². The second-order valence-corrected chi connectivity index (χ2v) is 5.39. The van der Waals surface area contributed by atoms with Gasteiger partial charge in [-0.25, -0.2) is 0 Å². The smallest absolute Gasteiger partial charge is 0.255 e. The summed E-state index contributed by atoms with van der Waals surface area (Å²) in [6.45, 7) is 3.90. The quantitative estimate of drug-likeness (QED) is 0.825. The Morgan fingerprint density at radius 2 is 1.89 bits per heavy atom.